The van der Waals surface area contributed by atoms with Crippen LogP contribution in [-0.2, 0) is 21.9 Å². The van der Waals surface area contributed by atoms with Crippen molar-refractivity contribution in [1.82, 2.24) is 24.5 Å². The van der Waals surface area contributed by atoms with Crippen molar-refractivity contribution in [2.24, 2.45) is 7.05 Å². The van der Waals surface area contributed by atoms with Crippen molar-refractivity contribution in [2.75, 3.05) is 6.79 Å². The number of ether oxygens (including phenoxy) is 2. The summed E-state index contributed by atoms with van der Waals surface area (Å²) in [5, 5.41) is 7.56. The molecule has 3 aromatic carbocycles. The van der Waals surface area contributed by atoms with Crippen LogP contribution in [0.5, 0.6) is 11.5 Å². The number of amides is 1. The lowest BCUT2D eigenvalue weighted by Gasteiger charge is -2.18. The number of sulfonamides is 1. The molecule has 3 heterocycles. The van der Waals surface area contributed by atoms with Crippen molar-refractivity contribution in [3.63, 3.8) is 0 Å². The van der Waals surface area contributed by atoms with Gasteiger partial charge in [-0.15, -0.1) is 0 Å². The van der Waals surface area contributed by atoms with Crippen molar-refractivity contribution < 1.29 is 22.7 Å². The molecule has 11 heteroatoms. The predicted molar refractivity (Wildman–Crippen MR) is 139 cm³/mol. The normalized spacial score (nSPS) is 13.5. The summed E-state index contributed by atoms with van der Waals surface area (Å²) in [7, 11) is -2.24. The van der Waals surface area contributed by atoms with Crippen LogP contribution in [0.15, 0.2) is 78.1 Å². The van der Waals surface area contributed by atoms with Crippen molar-refractivity contribution in [3.05, 3.63) is 89.9 Å². The van der Waals surface area contributed by atoms with E-state index in [9.17, 15) is 13.2 Å². The fourth-order valence-electron chi connectivity index (χ4n) is 4.67. The molecule has 10 nitrogen and oxygen atoms in total. The molecule has 2 N–H and O–H groups in total. The highest BCUT2D eigenvalue weighted by molar-refractivity contribution is 7.90. The first-order valence-electron chi connectivity index (χ1n) is 11.8. The number of nitrogens with one attached hydrogen (secondary N) is 2. The third-order valence-corrected chi connectivity index (χ3v) is 7.94. The van der Waals surface area contributed by atoms with E-state index >= 15 is 0 Å². The molecule has 6 rings (SSSR count). The van der Waals surface area contributed by atoms with Gasteiger partial charge < -0.3 is 14.0 Å². The summed E-state index contributed by atoms with van der Waals surface area (Å²) in [4.78, 5) is 18.0. The Morgan fingerprint density at radius 2 is 1.84 bits per heavy atom. The summed E-state index contributed by atoms with van der Waals surface area (Å²) >= 11 is 0. The van der Waals surface area contributed by atoms with Gasteiger partial charge in [0, 0.05) is 29.7 Å². The van der Waals surface area contributed by atoms with Gasteiger partial charge in [-0.05, 0) is 48.4 Å². The molecule has 0 bridgehead atoms. The average molecular weight is 530 g/mol. The Bertz CT molecular complexity index is 1780. The number of carbonyl (C=O) groups is 1. The van der Waals surface area contributed by atoms with Gasteiger partial charge in [0.15, 0.2) is 17.3 Å². The summed E-state index contributed by atoms with van der Waals surface area (Å²) < 4.78 is 41.5. The summed E-state index contributed by atoms with van der Waals surface area (Å²) in [6.45, 7) is 1.94. The van der Waals surface area contributed by atoms with Gasteiger partial charge in [-0.3, -0.25) is 9.89 Å². The minimum Gasteiger partial charge on any atom is -0.454 e. The Morgan fingerprint density at radius 1 is 1.05 bits per heavy atom. The lowest BCUT2D eigenvalue weighted by molar-refractivity contribution is -0.119. The smallest absolute Gasteiger partial charge is 0.264 e. The number of hydrogen-bond acceptors (Lipinski definition) is 7. The number of aryl methyl sites for hydroxylation is 2. The maximum atomic E-state index is 13.8. The van der Waals surface area contributed by atoms with Gasteiger partial charge in [0.1, 0.15) is 6.33 Å². The Hall–Kier alpha value is -4.64. The van der Waals surface area contributed by atoms with E-state index in [4.69, 9.17) is 9.47 Å². The highest BCUT2D eigenvalue weighted by Crippen LogP contribution is 2.39. The maximum absolute atomic E-state index is 13.8. The van der Waals surface area contributed by atoms with Crippen LogP contribution in [0.25, 0.3) is 22.3 Å². The zero-order valence-corrected chi connectivity index (χ0v) is 21.3. The largest absolute Gasteiger partial charge is 0.454 e. The van der Waals surface area contributed by atoms with Gasteiger partial charge in [-0.25, -0.2) is 18.1 Å². The number of hydrogen-bond donors (Lipinski definition) is 2. The lowest BCUT2D eigenvalue weighted by atomic mass is 9.90. The quantitative estimate of drug-likeness (QED) is 0.344. The van der Waals surface area contributed by atoms with E-state index < -0.39 is 21.8 Å². The number of H-pyrrole nitrogens is 1. The van der Waals surface area contributed by atoms with E-state index in [1.807, 2.05) is 42.9 Å². The van der Waals surface area contributed by atoms with E-state index in [0.29, 0.717) is 28.5 Å². The molecule has 1 amide bonds. The van der Waals surface area contributed by atoms with Crippen molar-refractivity contribution in [3.8, 4) is 22.9 Å². The molecule has 38 heavy (non-hydrogen) atoms. The number of rotatable bonds is 6. The molecule has 1 aliphatic heterocycles. The van der Waals surface area contributed by atoms with E-state index in [0.717, 1.165) is 22.0 Å². The molecule has 0 spiro atoms. The third kappa shape index (κ3) is 4.16. The van der Waals surface area contributed by atoms with Gasteiger partial charge in [0.25, 0.3) is 10.0 Å². The van der Waals surface area contributed by atoms with E-state index in [1.165, 1.54) is 18.5 Å². The van der Waals surface area contributed by atoms with Crippen LogP contribution in [0.4, 0.5) is 0 Å². The number of aromatic nitrogens is 4. The predicted octanol–water partition coefficient (Wildman–Crippen LogP) is 3.64. The van der Waals surface area contributed by atoms with Crippen LogP contribution in [-0.4, -0.2) is 40.9 Å². The summed E-state index contributed by atoms with van der Waals surface area (Å²) in [6.07, 6.45) is 3.27. The first-order chi connectivity index (χ1) is 18.3. The Morgan fingerprint density at radius 3 is 2.61 bits per heavy atom. The molecule has 0 fully saturated rings. The SMILES string of the molecule is Cc1ccc(S(=O)(=O)NC(=O)C(c2ccc3c(c2)OCO3)c2cn(C)c3cc(-c4ncn[nH]4)ccc23)cc1. The zero-order chi connectivity index (χ0) is 26.4. The second-order valence-corrected chi connectivity index (χ2v) is 10.8. The molecule has 1 unspecified atom stereocenters. The molecule has 1 aliphatic rings. The van der Waals surface area contributed by atoms with Gasteiger partial charge in [0.2, 0.25) is 12.7 Å². The molecule has 2 aromatic heterocycles. The van der Waals surface area contributed by atoms with E-state index in [2.05, 4.69) is 19.9 Å². The minimum absolute atomic E-state index is 0.00973. The van der Waals surface area contributed by atoms with Gasteiger partial charge >= 0.3 is 0 Å². The van der Waals surface area contributed by atoms with Crippen LogP contribution in [0.2, 0.25) is 0 Å². The van der Waals surface area contributed by atoms with Crippen LogP contribution in [0.1, 0.15) is 22.6 Å². The molecule has 0 radical (unpaired) electrons. The average Bonchev–Trinajstić information content (AvgIpc) is 3.65. The van der Waals surface area contributed by atoms with Crippen LogP contribution in [0, 0.1) is 6.92 Å². The molecule has 0 aliphatic carbocycles. The fraction of sp³-hybridized carbons (Fsp3) is 0.148. The molecule has 5 aromatic rings. The van der Waals surface area contributed by atoms with Crippen molar-refractivity contribution >= 4 is 26.8 Å². The van der Waals surface area contributed by atoms with Crippen LogP contribution in [0.3, 0.4) is 0 Å². The summed E-state index contributed by atoms with van der Waals surface area (Å²) in [6, 6.07) is 17.2. The summed E-state index contributed by atoms with van der Waals surface area (Å²) in [5.74, 6) is 0.0362. The monoisotopic (exact) mass is 529 g/mol. The van der Waals surface area contributed by atoms with Gasteiger partial charge in [-0.2, -0.15) is 5.10 Å². The van der Waals surface area contributed by atoms with E-state index in [-0.39, 0.29) is 11.7 Å². The Balaban J connectivity index is 1.46. The van der Waals surface area contributed by atoms with Crippen molar-refractivity contribution in [1.29, 1.82) is 0 Å². The first kappa shape index (κ1) is 23.7. The second-order valence-electron chi connectivity index (χ2n) is 9.09. The topological polar surface area (TPSA) is 128 Å². The highest BCUT2D eigenvalue weighted by atomic mass is 32.2. The molecular formula is C27H23N5O5S. The molecule has 192 valence electrons. The third-order valence-electron chi connectivity index (χ3n) is 6.58. The highest BCUT2D eigenvalue weighted by Gasteiger charge is 2.31. The minimum atomic E-state index is -4.11. The molecular weight excluding hydrogens is 506 g/mol. The molecule has 0 saturated carbocycles. The van der Waals surface area contributed by atoms with Gasteiger partial charge in [-0.1, -0.05) is 35.9 Å². The van der Waals surface area contributed by atoms with Crippen molar-refractivity contribution in [2.45, 2.75) is 17.7 Å². The second kappa shape index (κ2) is 9.03. The maximum Gasteiger partial charge on any atom is 0.264 e. The van der Waals surface area contributed by atoms with Crippen LogP contribution >= 0.6 is 0 Å². The number of benzene rings is 3. The first-order valence-corrected chi connectivity index (χ1v) is 13.3. The number of aromatic amines is 1. The van der Waals surface area contributed by atoms with Crippen LogP contribution < -0.4 is 14.2 Å². The van der Waals surface area contributed by atoms with E-state index in [1.54, 1.807) is 30.3 Å². The summed E-state index contributed by atoms with van der Waals surface area (Å²) in [5.41, 5.74) is 3.79. The molecule has 1 atom stereocenters. The number of nitrogens with zero attached hydrogens (tertiary/aromatic N) is 3. The lowest BCUT2D eigenvalue weighted by Crippen LogP contribution is -2.35. The zero-order valence-electron chi connectivity index (χ0n) is 20.5. The number of fused-ring (bicyclic) bond motifs is 2. The Kier molecular flexibility index (Phi) is 5.64. The van der Waals surface area contributed by atoms with Gasteiger partial charge in [0.05, 0.1) is 10.8 Å². The number of carbonyl (C=O) groups excluding carboxylic acids is 1. The standard InChI is InChI=1S/C27H23N5O5S/c1-16-3-7-19(8-4-16)38(34,35)31-27(33)25(17-6-10-23-24(12-17)37-15-36-23)21-13-32(2)22-11-18(5-9-20(21)22)26-28-14-29-30-26/h3-14,25H,15H2,1-2H3,(H,31,33)(H,28,29,30). The Labute approximate surface area is 218 Å². The fourth-order valence-corrected chi connectivity index (χ4v) is 5.66. The molecule has 0 saturated heterocycles.